The molecule has 0 saturated heterocycles. The zero-order valence-electron chi connectivity index (χ0n) is 10.2. The maximum Gasteiger partial charge on any atom is 0.401 e. The molecule has 4 nitrogen and oxygen atoms in total. The van der Waals surface area contributed by atoms with Crippen molar-refractivity contribution in [2.75, 3.05) is 6.54 Å². The second-order valence-electron chi connectivity index (χ2n) is 4.16. The molecule has 0 bridgehead atoms. The molecule has 0 aliphatic rings. The summed E-state index contributed by atoms with van der Waals surface area (Å²) in [6.07, 6.45) is -0.948. The molecule has 0 unspecified atom stereocenters. The highest BCUT2D eigenvalue weighted by atomic mass is 19.4. The van der Waals surface area contributed by atoms with Gasteiger partial charge in [-0.2, -0.15) is 13.2 Å². The van der Waals surface area contributed by atoms with Crippen LogP contribution in [0.15, 0.2) is 36.7 Å². The second kappa shape index (κ2) is 5.40. The molecule has 0 aliphatic heterocycles. The molecule has 0 spiro atoms. The lowest BCUT2D eigenvalue weighted by atomic mass is 10.1. The fraction of sp³-hybridized carbons (Fsp3) is 0.333. The van der Waals surface area contributed by atoms with Crippen LogP contribution in [0.25, 0.3) is 5.69 Å². The summed E-state index contributed by atoms with van der Waals surface area (Å²) < 4.78 is 37.9. The topological polar surface area (TPSA) is 42.7 Å². The highest BCUT2D eigenvalue weighted by molar-refractivity contribution is 5.34. The van der Waals surface area contributed by atoms with E-state index < -0.39 is 12.7 Å². The van der Waals surface area contributed by atoms with E-state index in [9.17, 15) is 13.2 Å². The third-order valence-electron chi connectivity index (χ3n) is 2.69. The average Bonchev–Trinajstić information content (AvgIpc) is 2.89. The van der Waals surface area contributed by atoms with E-state index in [-0.39, 0.29) is 6.04 Å². The van der Waals surface area contributed by atoms with Crippen LogP contribution >= 0.6 is 0 Å². The molecule has 2 rings (SSSR count). The van der Waals surface area contributed by atoms with E-state index in [1.54, 1.807) is 48.3 Å². The van der Waals surface area contributed by atoms with Gasteiger partial charge in [0.2, 0.25) is 0 Å². The summed E-state index contributed by atoms with van der Waals surface area (Å²) in [7, 11) is 0. The summed E-state index contributed by atoms with van der Waals surface area (Å²) in [4.78, 5) is 0. The first-order valence-corrected chi connectivity index (χ1v) is 5.72. The predicted octanol–water partition coefficient (Wildman–Crippen LogP) is 2.48. The molecule has 1 heterocycles. The lowest BCUT2D eigenvalue weighted by molar-refractivity contribution is -0.126. The lowest BCUT2D eigenvalue weighted by Crippen LogP contribution is -2.30. The highest BCUT2D eigenvalue weighted by Gasteiger charge is 2.27. The molecule has 1 atom stereocenters. The zero-order chi connectivity index (χ0) is 13.9. The van der Waals surface area contributed by atoms with Gasteiger partial charge in [-0.1, -0.05) is 17.3 Å². The molecular formula is C12H13F3N4. The van der Waals surface area contributed by atoms with Crippen LogP contribution in [-0.2, 0) is 0 Å². The van der Waals surface area contributed by atoms with E-state index >= 15 is 0 Å². The van der Waals surface area contributed by atoms with Crippen LogP contribution in [0.2, 0.25) is 0 Å². The molecule has 19 heavy (non-hydrogen) atoms. The Hall–Kier alpha value is -1.89. The Labute approximate surface area is 108 Å². The van der Waals surface area contributed by atoms with Gasteiger partial charge in [0.1, 0.15) is 0 Å². The van der Waals surface area contributed by atoms with Gasteiger partial charge in [0.15, 0.2) is 0 Å². The Morgan fingerprint density at radius 3 is 2.47 bits per heavy atom. The number of hydrogen-bond donors (Lipinski definition) is 1. The average molecular weight is 270 g/mol. The molecule has 0 saturated carbocycles. The molecule has 2 aromatic rings. The monoisotopic (exact) mass is 270 g/mol. The van der Waals surface area contributed by atoms with Crippen LogP contribution in [0.5, 0.6) is 0 Å². The smallest absolute Gasteiger partial charge is 0.302 e. The predicted molar refractivity (Wildman–Crippen MR) is 63.8 cm³/mol. The van der Waals surface area contributed by atoms with E-state index in [1.165, 1.54) is 0 Å². The summed E-state index contributed by atoms with van der Waals surface area (Å²) in [5.74, 6) is 0. The summed E-state index contributed by atoms with van der Waals surface area (Å²) >= 11 is 0. The van der Waals surface area contributed by atoms with Gasteiger partial charge < -0.3 is 5.32 Å². The van der Waals surface area contributed by atoms with Crippen LogP contribution in [-0.4, -0.2) is 27.7 Å². The molecule has 1 aromatic carbocycles. The Kier molecular flexibility index (Phi) is 3.84. The number of nitrogens with zero attached hydrogens (tertiary/aromatic N) is 3. The summed E-state index contributed by atoms with van der Waals surface area (Å²) in [6, 6.07) is 6.74. The minimum atomic E-state index is -4.20. The number of nitrogens with one attached hydrogen (secondary N) is 1. The van der Waals surface area contributed by atoms with E-state index in [0.29, 0.717) is 0 Å². The number of rotatable bonds is 4. The van der Waals surface area contributed by atoms with Crippen LogP contribution in [0, 0.1) is 0 Å². The van der Waals surface area contributed by atoms with Crippen LogP contribution in [0.4, 0.5) is 13.2 Å². The fourth-order valence-electron chi connectivity index (χ4n) is 1.65. The van der Waals surface area contributed by atoms with Crippen molar-refractivity contribution >= 4 is 0 Å². The molecule has 0 aliphatic carbocycles. The van der Waals surface area contributed by atoms with Crippen molar-refractivity contribution in [2.24, 2.45) is 0 Å². The van der Waals surface area contributed by atoms with E-state index in [2.05, 4.69) is 15.6 Å². The van der Waals surface area contributed by atoms with Gasteiger partial charge in [0, 0.05) is 6.04 Å². The lowest BCUT2D eigenvalue weighted by Gasteiger charge is -2.16. The van der Waals surface area contributed by atoms with Gasteiger partial charge in [0.05, 0.1) is 24.6 Å². The van der Waals surface area contributed by atoms with Crippen molar-refractivity contribution in [1.82, 2.24) is 20.3 Å². The van der Waals surface area contributed by atoms with E-state index in [4.69, 9.17) is 0 Å². The quantitative estimate of drug-likeness (QED) is 0.928. The third-order valence-corrected chi connectivity index (χ3v) is 2.69. The van der Waals surface area contributed by atoms with Crippen molar-refractivity contribution in [2.45, 2.75) is 19.1 Å². The van der Waals surface area contributed by atoms with E-state index in [1.807, 2.05) is 0 Å². The first-order chi connectivity index (χ1) is 8.96. The van der Waals surface area contributed by atoms with Gasteiger partial charge >= 0.3 is 6.18 Å². The summed E-state index contributed by atoms with van der Waals surface area (Å²) in [5, 5.41) is 9.95. The first kappa shape index (κ1) is 13.5. The van der Waals surface area contributed by atoms with Crippen molar-refractivity contribution in [1.29, 1.82) is 0 Å². The normalized spacial score (nSPS) is 13.5. The number of halogens is 3. The number of aromatic nitrogens is 3. The molecule has 1 N–H and O–H groups in total. The van der Waals surface area contributed by atoms with Crippen LogP contribution < -0.4 is 5.32 Å². The van der Waals surface area contributed by atoms with Crippen molar-refractivity contribution in [3.05, 3.63) is 42.2 Å². The molecule has 7 heteroatoms. The van der Waals surface area contributed by atoms with Crippen LogP contribution in [0.1, 0.15) is 18.5 Å². The number of hydrogen-bond acceptors (Lipinski definition) is 3. The number of alkyl halides is 3. The SMILES string of the molecule is C[C@H](NCC(F)(F)F)c1ccc(-n2ccnn2)cc1. The molecule has 0 radical (unpaired) electrons. The van der Waals surface area contributed by atoms with Crippen LogP contribution in [0.3, 0.4) is 0 Å². The summed E-state index contributed by atoms with van der Waals surface area (Å²) in [6.45, 7) is 0.690. The second-order valence-corrected chi connectivity index (χ2v) is 4.16. The largest absolute Gasteiger partial charge is 0.401 e. The Morgan fingerprint density at radius 2 is 1.95 bits per heavy atom. The van der Waals surface area contributed by atoms with Gasteiger partial charge in [-0.3, -0.25) is 0 Å². The van der Waals surface area contributed by atoms with Gasteiger partial charge in [-0.05, 0) is 24.6 Å². The Balaban J connectivity index is 2.02. The Morgan fingerprint density at radius 1 is 1.26 bits per heavy atom. The zero-order valence-corrected chi connectivity index (χ0v) is 10.2. The minimum absolute atomic E-state index is 0.369. The molecule has 0 fully saturated rings. The third kappa shape index (κ3) is 3.78. The molecular weight excluding hydrogens is 257 g/mol. The standard InChI is InChI=1S/C12H13F3N4/c1-9(16-8-12(13,14)15)10-2-4-11(5-3-10)19-7-6-17-18-19/h2-7,9,16H,8H2,1H3/t9-/m0/s1. The molecule has 102 valence electrons. The van der Waals surface area contributed by atoms with Gasteiger partial charge in [0.25, 0.3) is 0 Å². The maximum absolute atomic E-state index is 12.1. The van der Waals surface area contributed by atoms with Crippen molar-refractivity contribution in [3.8, 4) is 5.69 Å². The van der Waals surface area contributed by atoms with Crippen molar-refractivity contribution in [3.63, 3.8) is 0 Å². The molecule has 1 aromatic heterocycles. The molecule has 0 amide bonds. The number of benzene rings is 1. The summed E-state index contributed by atoms with van der Waals surface area (Å²) in [5.41, 5.74) is 1.59. The first-order valence-electron chi connectivity index (χ1n) is 5.72. The van der Waals surface area contributed by atoms with Gasteiger partial charge in [-0.25, -0.2) is 4.68 Å². The van der Waals surface area contributed by atoms with E-state index in [0.717, 1.165) is 11.3 Å². The maximum atomic E-state index is 12.1. The minimum Gasteiger partial charge on any atom is -0.302 e. The highest BCUT2D eigenvalue weighted by Crippen LogP contribution is 2.18. The Bertz CT molecular complexity index is 505. The van der Waals surface area contributed by atoms with Gasteiger partial charge in [-0.15, -0.1) is 5.10 Å². The van der Waals surface area contributed by atoms with Crippen molar-refractivity contribution < 1.29 is 13.2 Å². The fourth-order valence-corrected chi connectivity index (χ4v) is 1.65.